The molecule has 0 amide bonds. The van der Waals surface area contributed by atoms with Gasteiger partial charge in [-0.2, -0.15) is 5.26 Å². The SMILES string of the molecule is N#Cc1ccccc1SSc1ccccc1. The van der Waals surface area contributed by atoms with Crippen molar-refractivity contribution in [3.05, 3.63) is 60.2 Å². The molecule has 0 spiro atoms. The Labute approximate surface area is 103 Å². The first-order valence-electron chi connectivity index (χ1n) is 4.79. The summed E-state index contributed by atoms with van der Waals surface area (Å²) in [7, 11) is 3.29. The first-order chi connectivity index (χ1) is 7.90. The maximum atomic E-state index is 8.94. The monoisotopic (exact) mass is 243 g/mol. The van der Waals surface area contributed by atoms with Crippen molar-refractivity contribution in [2.75, 3.05) is 0 Å². The summed E-state index contributed by atoms with van der Waals surface area (Å²) in [5.74, 6) is 0. The molecule has 16 heavy (non-hydrogen) atoms. The molecule has 0 heterocycles. The number of nitriles is 1. The van der Waals surface area contributed by atoms with Crippen molar-refractivity contribution in [3.8, 4) is 6.07 Å². The molecule has 3 heteroatoms. The van der Waals surface area contributed by atoms with E-state index in [0.717, 1.165) is 10.5 Å². The summed E-state index contributed by atoms with van der Waals surface area (Å²) in [6, 6.07) is 20.0. The molecule has 0 aliphatic heterocycles. The Morgan fingerprint density at radius 3 is 2.25 bits per heavy atom. The molecule has 0 saturated carbocycles. The maximum absolute atomic E-state index is 8.94. The summed E-state index contributed by atoms with van der Waals surface area (Å²) in [6.45, 7) is 0. The third kappa shape index (κ3) is 2.82. The Morgan fingerprint density at radius 2 is 1.50 bits per heavy atom. The van der Waals surface area contributed by atoms with Crippen LogP contribution in [0, 0.1) is 11.3 Å². The second kappa shape index (κ2) is 5.64. The predicted octanol–water partition coefficient (Wildman–Crippen LogP) is 4.36. The molecule has 0 atom stereocenters. The van der Waals surface area contributed by atoms with Crippen LogP contribution in [0.5, 0.6) is 0 Å². The summed E-state index contributed by atoms with van der Waals surface area (Å²) in [5, 5.41) is 8.94. The van der Waals surface area contributed by atoms with E-state index in [9.17, 15) is 0 Å². The molecule has 0 N–H and O–H groups in total. The molecule has 0 unspecified atom stereocenters. The molecular formula is C13H9NS2. The summed E-state index contributed by atoms with van der Waals surface area (Å²) < 4.78 is 0. The van der Waals surface area contributed by atoms with Gasteiger partial charge in [-0.3, -0.25) is 0 Å². The van der Waals surface area contributed by atoms with Gasteiger partial charge in [-0.05, 0) is 24.3 Å². The minimum atomic E-state index is 0.732. The van der Waals surface area contributed by atoms with E-state index in [1.807, 2.05) is 42.5 Å². The lowest BCUT2D eigenvalue weighted by Gasteiger charge is -2.02. The molecule has 2 rings (SSSR count). The first-order valence-corrected chi connectivity index (χ1v) is 6.94. The Balaban J connectivity index is 2.09. The van der Waals surface area contributed by atoms with E-state index < -0.39 is 0 Å². The fourth-order valence-corrected chi connectivity index (χ4v) is 3.32. The second-order valence-corrected chi connectivity index (χ2v) is 5.33. The van der Waals surface area contributed by atoms with E-state index in [4.69, 9.17) is 5.26 Å². The quantitative estimate of drug-likeness (QED) is 0.748. The van der Waals surface area contributed by atoms with Crippen LogP contribution in [-0.2, 0) is 0 Å². The van der Waals surface area contributed by atoms with Crippen molar-refractivity contribution in [2.45, 2.75) is 9.79 Å². The average Bonchev–Trinajstić information content (AvgIpc) is 2.38. The summed E-state index contributed by atoms with van der Waals surface area (Å²) in [4.78, 5) is 2.21. The molecule has 0 radical (unpaired) electrons. The van der Waals surface area contributed by atoms with Gasteiger partial charge in [0.1, 0.15) is 6.07 Å². The first kappa shape index (κ1) is 11.1. The summed E-state index contributed by atoms with van der Waals surface area (Å²) in [6.07, 6.45) is 0. The number of rotatable bonds is 3. The zero-order valence-corrected chi connectivity index (χ0v) is 10.1. The minimum absolute atomic E-state index is 0.732. The maximum Gasteiger partial charge on any atom is 0.100 e. The lowest BCUT2D eigenvalue weighted by atomic mass is 10.2. The number of benzene rings is 2. The van der Waals surface area contributed by atoms with Crippen molar-refractivity contribution in [1.82, 2.24) is 0 Å². The van der Waals surface area contributed by atoms with Crippen LogP contribution in [0.15, 0.2) is 64.4 Å². The Hall–Kier alpha value is -1.37. The molecule has 2 aromatic carbocycles. The van der Waals surface area contributed by atoms with Crippen molar-refractivity contribution in [1.29, 1.82) is 5.26 Å². The molecule has 0 bridgehead atoms. The van der Waals surface area contributed by atoms with Gasteiger partial charge >= 0.3 is 0 Å². The lowest BCUT2D eigenvalue weighted by Crippen LogP contribution is -1.77. The van der Waals surface area contributed by atoms with Crippen LogP contribution in [0.25, 0.3) is 0 Å². The largest absolute Gasteiger partial charge is 0.192 e. The Bertz CT molecular complexity index is 503. The molecular weight excluding hydrogens is 234 g/mol. The highest BCUT2D eigenvalue weighted by Gasteiger charge is 2.02. The van der Waals surface area contributed by atoms with Gasteiger partial charge in [0.25, 0.3) is 0 Å². The lowest BCUT2D eigenvalue weighted by molar-refractivity contribution is 1.38. The fourth-order valence-electron chi connectivity index (χ4n) is 1.20. The highest BCUT2D eigenvalue weighted by molar-refractivity contribution is 8.76. The molecule has 2 aromatic rings. The van der Waals surface area contributed by atoms with E-state index in [0.29, 0.717) is 0 Å². The fraction of sp³-hybridized carbons (Fsp3) is 0. The zero-order valence-electron chi connectivity index (χ0n) is 8.46. The van der Waals surface area contributed by atoms with E-state index in [1.54, 1.807) is 21.6 Å². The van der Waals surface area contributed by atoms with Gasteiger partial charge in [-0.15, -0.1) is 0 Å². The van der Waals surface area contributed by atoms with E-state index in [2.05, 4.69) is 18.2 Å². The molecule has 0 aliphatic carbocycles. The van der Waals surface area contributed by atoms with E-state index in [1.165, 1.54) is 4.90 Å². The standard InChI is InChI=1S/C13H9NS2/c14-10-11-6-4-5-9-13(11)16-15-12-7-2-1-3-8-12/h1-9H. The normalized spacial score (nSPS) is 9.69. The van der Waals surface area contributed by atoms with Crippen LogP contribution >= 0.6 is 21.6 Å². The van der Waals surface area contributed by atoms with Crippen LogP contribution in [0.4, 0.5) is 0 Å². The molecule has 78 valence electrons. The second-order valence-electron chi connectivity index (χ2n) is 3.09. The average molecular weight is 243 g/mol. The molecule has 0 saturated heterocycles. The van der Waals surface area contributed by atoms with Crippen LogP contribution < -0.4 is 0 Å². The molecule has 1 nitrogen and oxygen atoms in total. The van der Waals surface area contributed by atoms with Gasteiger partial charge < -0.3 is 0 Å². The van der Waals surface area contributed by atoms with E-state index >= 15 is 0 Å². The molecule has 0 aliphatic rings. The third-order valence-electron chi connectivity index (χ3n) is 1.98. The molecule has 0 fully saturated rings. The van der Waals surface area contributed by atoms with Crippen molar-refractivity contribution >= 4 is 21.6 Å². The third-order valence-corrected chi connectivity index (χ3v) is 4.43. The van der Waals surface area contributed by atoms with Gasteiger partial charge in [0.05, 0.1) is 5.56 Å². The predicted molar refractivity (Wildman–Crippen MR) is 69.3 cm³/mol. The number of hydrogen-bond acceptors (Lipinski definition) is 3. The van der Waals surface area contributed by atoms with Crippen molar-refractivity contribution in [2.24, 2.45) is 0 Å². The van der Waals surface area contributed by atoms with Crippen LogP contribution in [-0.4, -0.2) is 0 Å². The highest BCUT2D eigenvalue weighted by atomic mass is 33.1. The Morgan fingerprint density at radius 1 is 0.812 bits per heavy atom. The van der Waals surface area contributed by atoms with Gasteiger partial charge in [-0.1, -0.05) is 51.9 Å². The van der Waals surface area contributed by atoms with Crippen LogP contribution in [0.3, 0.4) is 0 Å². The van der Waals surface area contributed by atoms with Crippen molar-refractivity contribution < 1.29 is 0 Å². The highest BCUT2D eigenvalue weighted by Crippen LogP contribution is 2.38. The van der Waals surface area contributed by atoms with Gasteiger partial charge in [-0.25, -0.2) is 0 Å². The van der Waals surface area contributed by atoms with Crippen LogP contribution in [0.2, 0.25) is 0 Å². The summed E-state index contributed by atoms with van der Waals surface area (Å²) in [5.41, 5.74) is 0.732. The van der Waals surface area contributed by atoms with Crippen molar-refractivity contribution in [3.63, 3.8) is 0 Å². The number of nitrogens with zero attached hydrogens (tertiary/aromatic N) is 1. The molecule has 0 aromatic heterocycles. The van der Waals surface area contributed by atoms with Gasteiger partial charge in [0, 0.05) is 9.79 Å². The summed E-state index contributed by atoms with van der Waals surface area (Å²) >= 11 is 0. The van der Waals surface area contributed by atoms with Gasteiger partial charge in [0.2, 0.25) is 0 Å². The van der Waals surface area contributed by atoms with Crippen LogP contribution in [0.1, 0.15) is 5.56 Å². The smallest absolute Gasteiger partial charge is 0.100 e. The Kier molecular flexibility index (Phi) is 3.92. The zero-order chi connectivity index (χ0) is 11.2. The number of hydrogen-bond donors (Lipinski definition) is 0. The van der Waals surface area contributed by atoms with Gasteiger partial charge in [0.15, 0.2) is 0 Å². The van der Waals surface area contributed by atoms with E-state index in [-0.39, 0.29) is 0 Å². The minimum Gasteiger partial charge on any atom is -0.192 e. The topological polar surface area (TPSA) is 23.8 Å².